The summed E-state index contributed by atoms with van der Waals surface area (Å²) in [5.41, 5.74) is 7.33. The zero-order chi connectivity index (χ0) is 16.9. The lowest BCUT2D eigenvalue weighted by atomic mass is 10.2. The molecule has 1 aromatic carbocycles. The summed E-state index contributed by atoms with van der Waals surface area (Å²) in [6.45, 7) is 6.11. The standard InChI is InChI=1S/C16H21ClN6S.HI/c1-2-14-20-21-15(24-14)11-19-16(18)23-9-7-22(8-10-23)13-5-3-12(17)4-6-13;/h3-6H,2,7-11H2,1H3,(H2,18,19);1H. The SMILES string of the molecule is CCc1nnc(CN=C(N)N2CCN(c3ccc(Cl)cc3)CC2)s1.I. The van der Waals surface area contributed by atoms with Crippen molar-refractivity contribution in [1.82, 2.24) is 15.1 Å². The number of piperazine rings is 1. The number of nitrogens with two attached hydrogens (primary N) is 1. The fourth-order valence-corrected chi connectivity index (χ4v) is 3.42. The lowest BCUT2D eigenvalue weighted by Gasteiger charge is -2.36. The Hall–Kier alpha value is -1.13. The molecule has 0 atom stereocenters. The van der Waals surface area contributed by atoms with E-state index in [1.165, 1.54) is 5.69 Å². The molecule has 1 saturated heterocycles. The van der Waals surface area contributed by atoms with Gasteiger partial charge in [-0.1, -0.05) is 29.9 Å². The van der Waals surface area contributed by atoms with Crippen LogP contribution in [0, 0.1) is 0 Å². The number of hydrogen-bond donors (Lipinski definition) is 1. The third-order valence-corrected chi connectivity index (χ3v) is 5.29. The molecule has 0 spiro atoms. The first-order valence-electron chi connectivity index (χ1n) is 8.02. The van der Waals surface area contributed by atoms with Gasteiger partial charge in [0.25, 0.3) is 0 Å². The highest BCUT2D eigenvalue weighted by Crippen LogP contribution is 2.19. The van der Waals surface area contributed by atoms with E-state index in [0.717, 1.165) is 47.6 Å². The van der Waals surface area contributed by atoms with E-state index in [9.17, 15) is 0 Å². The third kappa shape index (κ3) is 5.42. The van der Waals surface area contributed by atoms with Crippen LogP contribution in [0.5, 0.6) is 0 Å². The first-order valence-corrected chi connectivity index (χ1v) is 9.22. The molecule has 1 aliphatic heterocycles. The largest absolute Gasteiger partial charge is 0.370 e. The second-order valence-electron chi connectivity index (χ2n) is 5.57. The molecule has 2 N–H and O–H groups in total. The van der Waals surface area contributed by atoms with Gasteiger partial charge in [-0.25, -0.2) is 4.99 Å². The van der Waals surface area contributed by atoms with Crippen molar-refractivity contribution in [3.05, 3.63) is 39.3 Å². The van der Waals surface area contributed by atoms with Crippen molar-refractivity contribution in [3.8, 4) is 0 Å². The average Bonchev–Trinajstić information content (AvgIpc) is 3.09. The summed E-state index contributed by atoms with van der Waals surface area (Å²) in [4.78, 5) is 8.92. The van der Waals surface area contributed by atoms with Crippen LogP contribution in [-0.2, 0) is 13.0 Å². The summed E-state index contributed by atoms with van der Waals surface area (Å²) < 4.78 is 0. The van der Waals surface area contributed by atoms with Crippen LogP contribution >= 0.6 is 46.9 Å². The van der Waals surface area contributed by atoms with Crippen LogP contribution in [0.1, 0.15) is 16.9 Å². The Morgan fingerprint density at radius 2 is 1.80 bits per heavy atom. The van der Waals surface area contributed by atoms with Crippen LogP contribution in [0.25, 0.3) is 0 Å². The Bertz CT molecular complexity index is 697. The second-order valence-corrected chi connectivity index (χ2v) is 7.15. The summed E-state index contributed by atoms with van der Waals surface area (Å²) in [5.74, 6) is 0.582. The van der Waals surface area contributed by atoms with E-state index in [1.54, 1.807) is 11.3 Å². The molecule has 2 heterocycles. The van der Waals surface area contributed by atoms with Gasteiger partial charge in [0, 0.05) is 36.9 Å². The first-order chi connectivity index (χ1) is 11.7. The maximum Gasteiger partial charge on any atom is 0.191 e. The van der Waals surface area contributed by atoms with Gasteiger partial charge in [0.15, 0.2) is 5.96 Å². The summed E-state index contributed by atoms with van der Waals surface area (Å²) >= 11 is 7.54. The van der Waals surface area contributed by atoms with Gasteiger partial charge in [0.1, 0.15) is 10.0 Å². The minimum Gasteiger partial charge on any atom is -0.370 e. The highest BCUT2D eigenvalue weighted by molar-refractivity contribution is 14.0. The van der Waals surface area contributed by atoms with Gasteiger partial charge in [-0.2, -0.15) is 0 Å². The quantitative estimate of drug-likeness (QED) is 0.404. The number of rotatable bonds is 4. The molecule has 136 valence electrons. The number of aliphatic imine (C=N–C) groups is 1. The number of aromatic nitrogens is 2. The highest BCUT2D eigenvalue weighted by atomic mass is 127. The molecule has 0 bridgehead atoms. The van der Waals surface area contributed by atoms with Crippen molar-refractivity contribution >= 4 is 58.6 Å². The van der Waals surface area contributed by atoms with E-state index in [4.69, 9.17) is 17.3 Å². The molecule has 0 amide bonds. The number of anilines is 1. The Morgan fingerprint density at radius 1 is 1.16 bits per heavy atom. The molecule has 1 aromatic heterocycles. The number of hydrogen-bond acceptors (Lipinski definition) is 5. The predicted octanol–water partition coefficient (Wildman–Crippen LogP) is 3.01. The molecule has 1 aliphatic rings. The lowest BCUT2D eigenvalue weighted by Crippen LogP contribution is -2.51. The normalized spacial score (nSPS) is 15.2. The molecular weight excluding hydrogens is 471 g/mol. The number of benzene rings is 1. The van der Waals surface area contributed by atoms with Gasteiger partial charge < -0.3 is 15.5 Å². The first kappa shape index (κ1) is 20.2. The Kier molecular flexibility index (Phi) is 7.70. The minimum atomic E-state index is 0. The molecule has 0 unspecified atom stereocenters. The molecule has 25 heavy (non-hydrogen) atoms. The van der Waals surface area contributed by atoms with E-state index in [2.05, 4.69) is 44.0 Å². The van der Waals surface area contributed by atoms with Gasteiger partial charge in [-0.3, -0.25) is 0 Å². The maximum atomic E-state index is 6.14. The minimum absolute atomic E-state index is 0. The highest BCUT2D eigenvalue weighted by Gasteiger charge is 2.18. The zero-order valence-electron chi connectivity index (χ0n) is 14.1. The molecular formula is C16H22ClIN6S. The number of aryl methyl sites for hydroxylation is 1. The van der Waals surface area contributed by atoms with Crippen LogP contribution < -0.4 is 10.6 Å². The van der Waals surface area contributed by atoms with Crippen molar-refractivity contribution in [2.75, 3.05) is 31.1 Å². The number of guanidine groups is 1. The van der Waals surface area contributed by atoms with Crippen molar-refractivity contribution in [1.29, 1.82) is 0 Å². The topological polar surface area (TPSA) is 70.6 Å². The second kappa shape index (κ2) is 9.54. The van der Waals surface area contributed by atoms with Gasteiger partial charge in [-0.05, 0) is 30.7 Å². The summed E-state index contributed by atoms with van der Waals surface area (Å²) in [6.07, 6.45) is 0.906. The molecule has 0 aliphatic carbocycles. The fraction of sp³-hybridized carbons (Fsp3) is 0.438. The van der Waals surface area contributed by atoms with Crippen LogP contribution in [0.2, 0.25) is 5.02 Å². The van der Waals surface area contributed by atoms with E-state index < -0.39 is 0 Å². The van der Waals surface area contributed by atoms with Crippen molar-refractivity contribution < 1.29 is 0 Å². The van der Waals surface area contributed by atoms with Crippen molar-refractivity contribution in [2.45, 2.75) is 19.9 Å². The van der Waals surface area contributed by atoms with Crippen molar-refractivity contribution in [2.24, 2.45) is 10.7 Å². The summed E-state index contributed by atoms with van der Waals surface area (Å²) in [6, 6.07) is 7.95. The Labute approximate surface area is 174 Å². The molecule has 6 nitrogen and oxygen atoms in total. The monoisotopic (exact) mass is 492 g/mol. The Balaban J connectivity index is 0.00000225. The van der Waals surface area contributed by atoms with E-state index in [0.29, 0.717) is 12.5 Å². The Morgan fingerprint density at radius 3 is 2.40 bits per heavy atom. The van der Waals surface area contributed by atoms with Crippen LogP contribution in [0.3, 0.4) is 0 Å². The smallest absolute Gasteiger partial charge is 0.191 e. The van der Waals surface area contributed by atoms with E-state index >= 15 is 0 Å². The molecule has 3 rings (SSSR count). The van der Waals surface area contributed by atoms with Gasteiger partial charge in [-0.15, -0.1) is 34.2 Å². The lowest BCUT2D eigenvalue weighted by molar-refractivity contribution is 0.380. The molecule has 1 fully saturated rings. The molecule has 2 aromatic rings. The summed E-state index contributed by atoms with van der Waals surface area (Å²) in [5, 5.41) is 10.9. The van der Waals surface area contributed by atoms with Gasteiger partial charge in [0.05, 0.1) is 6.54 Å². The summed E-state index contributed by atoms with van der Waals surface area (Å²) in [7, 11) is 0. The van der Waals surface area contributed by atoms with Crippen molar-refractivity contribution in [3.63, 3.8) is 0 Å². The number of halogens is 2. The predicted molar refractivity (Wildman–Crippen MR) is 115 cm³/mol. The molecule has 9 heteroatoms. The van der Waals surface area contributed by atoms with Crippen LogP contribution in [0.15, 0.2) is 29.3 Å². The molecule has 0 radical (unpaired) electrons. The number of nitrogens with zero attached hydrogens (tertiary/aromatic N) is 5. The van der Waals surface area contributed by atoms with Crippen LogP contribution in [-0.4, -0.2) is 47.2 Å². The zero-order valence-corrected chi connectivity index (χ0v) is 18.0. The maximum absolute atomic E-state index is 6.14. The van der Waals surface area contributed by atoms with E-state index in [-0.39, 0.29) is 24.0 Å². The van der Waals surface area contributed by atoms with E-state index in [1.807, 2.05) is 12.1 Å². The van der Waals surface area contributed by atoms with Gasteiger partial charge >= 0.3 is 0 Å². The average molecular weight is 493 g/mol. The fourth-order valence-electron chi connectivity index (χ4n) is 2.59. The molecule has 0 saturated carbocycles. The third-order valence-electron chi connectivity index (χ3n) is 3.98. The van der Waals surface area contributed by atoms with Gasteiger partial charge in [0.2, 0.25) is 0 Å². The van der Waals surface area contributed by atoms with Crippen LogP contribution in [0.4, 0.5) is 5.69 Å².